The minimum Gasteiger partial charge on any atom is -0.444 e. The molecular weight excluding hydrogens is 376 g/mol. The predicted octanol–water partition coefficient (Wildman–Crippen LogP) is 2.44. The fourth-order valence-corrected chi connectivity index (χ4v) is 2.99. The van der Waals surface area contributed by atoms with Gasteiger partial charge in [-0.1, -0.05) is 28.1 Å². The number of likely N-dealkylation sites (tertiary alicyclic amines) is 1. The molecule has 1 aliphatic rings. The normalized spacial score (nSPS) is 20.8. The molecule has 2 N–H and O–H groups in total. The Labute approximate surface area is 150 Å². The van der Waals surface area contributed by atoms with Gasteiger partial charge in [-0.15, -0.1) is 0 Å². The summed E-state index contributed by atoms with van der Waals surface area (Å²) in [7, 11) is 0. The first-order valence-electron chi connectivity index (χ1n) is 7.85. The van der Waals surface area contributed by atoms with Crippen LogP contribution in [0, 0.1) is 0 Å². The zero-order valence-corrected chi connectivity index (χ0v) is 15.7. The lowest BCUT2D eigenvalue weighted by Crippen LogP contribution is -2.47. The standard InChI is InChI=1S/C17H23BrN2O4/c1-17(2,3)24-16(23)20-10-13(21)8-14(20)15(22)19-9-11-5-4-6-12(18)7-11/h4-7,13-14,21H,8-10H2,1-3H3,(H,19,22). The third kappa shape index (κ3) is 5.21. The fourth-order valence-electron chi connectivity index (χ4n) is 2.54. The molecular formula is C17H23BrN2O4. The highest BCUT2D eigenvalue weighted by Crippen LogP contribution is 2.21. The predicted molar refractivity (Wildman–Crippen MR) is 93.3 cm³/mol. The third-order valence-corrected chi connectivity index (χ3v) is 4.06. The van der Waals surface area contributed by atoms with E-state index in [2.05, 4.69) is 21.2 Å². The van der Waals surface area contributed by atoms with Crippen molar-refractivity contribution in [2.45, 2.75) is 51.5 Å². The Hall–Kier alpha value is -1.60. The zero-order chi connectivity index (χ0) is 17.9. The van der Waals surface area contributed by atoms with Crippen LogP contribution >= 0.6 is 15.9 Å². The SMILES string of the molecule is CC(C)(C)OC(=O)N1CC(O)CC1C(=O)NCc1cccc(Br)c1. The number of hydrogen-bond acceptors (Lipinski definition) is 4. The van der Waals surface area contributed by atoms with E-state index in [1.807, 2.05) is 24.3 Å². The first-order valence-corrected chi connectivity index (χ1v) is 8.65. The van der Waals surface area contributed by atoms with E-state index in [1.165, 1.54) is 4.90 Å². The lowest BCUT2D eigenvalue weighted by atomic mass is 10.1. The second-order valence-corrected chi connectivity index (χ2v) is 7.80. The summed E-state index contributed by atoms with van der Waals surface area (Å²) < 4.78 is 6.25. The van der Waals surface area contributed by atoms with Gasteiger partial charge in [0.05, 0.1) is 12.6 Å². The van der Waals surface area contributed by atoms with Gasteiger partial charge in [0.25, 0.3) is 0 Å². The molecule has 1 fully saturated rings. The van der Waals surface area contributed by atoms with Gasteiger partial charge in [0.2, 0.25) is 5.91 Å². The summed E-state index contributed by atoms with van der Waals surface area (Å²) in [5.74, 6) is -0.294. The van der Waals surface area contributed by atoms with Crippen molar-refractivity contribution in [3.8, 4) is 0 Å². The number of rotatable bonds is 3. The Morgan fingerprint density at radius 2 is 2.12 bits per heavy atom. The maximum atomic E-state index is 12.4. The van der Waals surface area contributed by atoms with Crippen LogP contribution in [0.15, 0.2) is 28.7 Å². The number of carbonyl (C=O) groups is 2. The Kier molecular flexibility index (Phi) is 5.87. The molecule has 2 rings (SSSR count). The topological polar surface area (TPSA) is 78.9 Å². The fraction of sp³-hybridized carbons (Fsp3) is 0.529. The van der Waals surface area contributed by atoms with E-state index < -0.39 is 23.8 Å². The summed E-state index contributed by atoms with van der Waals surface area (Å²) >= 11 is 3.38. The maximum Gasteiger partial charge on any atom is 0.411 e. The number of aliphatic hydroxyl groups excluding tert-OH is 1. The minimum absolute atomic E-state index is 0.101. The average molecular weight is 399 g/mol. The molecule has 0 radical (unpaired) electrons. The molecule has 24 heavy (non-hydrogen) atoms. The van der Waals surface area contributed by atoms with Crippen LogP contribution in [0.5, 0.6) is 0 Å². The van der Waals surface area contributed by atoms with E-state index in [0.29, 0.717) is 6.54 Å². The molecule has 1 heterocycles. The summed E-state index contributed by atoms with van der Waals surface area (Å²) in [5.41, 5.74) is 0.294. The molecule has 1 saturated heterocycles. The Morgan fingerprint density at radius 1 is 1.42 bits per heavy atom. The van der Waals surface area contributed by atoms with Gasteiger partial charge in [0.1, 0.15) is 11.6 Å². The molecule has 132 valence electrons. The number of halogens is 1. The van der Waals surface area contributed by atoms with Crippen molar-refractivity contribution in [2.24, 2.45) is 0 Å². The summed E-state index contributed by atoms with van der Waals surface area (Å²) in [6.45, 7) is 5.75. The third-order valence-electron chi connectivity index (χ3n) is 3.57. The summed E-state index contributed by atoms with van der Waals surface area (Å²) in [4.78, 5) is 26.0. The number of benzene rings is 1. The van der Waals surface area contributed by atoms with E-state index >= 15 is 0 Å². The Morgan fingerprint density at radius 3 is 2.75 bits per heavy atom. The number of nitrogens with one attached hydrogen (secondary N) is 1. The van der Waals surface area contributed by atoms with Gasteiger partial charge >= 0.3 is 6.09 Å². The van der Waals surface area contributed by atoms with Crippen LogP contribution in [-0.4, -0.2) is 46.3 Å². The molecule has 2 amide bonds. The number of ether oxygens (including phenoxy) is 1. The second-order valence-electron chi connectivity index (χ2n) is 6.89. The molecule has 2 atom stereocenters. The summed E-state index contributed by atoms with van der Waals surface area (Å²) in [6, 6.07) is 6.89. The molecule has 1 aromatic rings. The molecule has 6 nitrogen and oxygen atoms in total. The highest BCUT2D eigenvalue weighted by atomic mass is 79.9. The van der Waals surface area contributed by atoms with Crippen LogP contribution in [0.4, 0.5) is 4.79 Å². The highest BCUT2D eigenvalue weighted by molar-refractivity contribution is 9.10. The molecule has 1 aliphatic heterocycles. The lowest BCUT2D eigenvalue weighted by molar-refractivity contribution is -0.125. The van der Waals surface area contributed by atoms with Crippen LogP contribution in [0.3, 0.4) is 0 Å². The van der Waals surface area contributed by atoms with E-state index in [4.69, 9.17) is 4.74 Å². The van der Waals surface area contributed by atoms with Gasteiger partial charge in [-0.05, 0) is 38.5 Å². The van der Waals surface area contributed by atoms with Crippen LogP contribution in [0.1, 0.15) is 32.8 Å². The van der Waals surface area contributed by atoms with Crippen molar-refractivity contribution in [3.05, 3.63) is 34.3 Å². The largest absolute Gasteiger partial charge is 0.444 e. The summed E-state index contributed by atoms with van der Waals surface area (Å²) in [5, 5.41) is 12.7. The lowest BCUT2D eigenvalue weighted by Gasteiger charge is -2.27. The van der Waals surface area contributed by atoms with Crippen LogP contribution in [0.2, 0.25) is 0 Å². The first-order chi connectivity index (χ1) is 11.2. The van der Waals surface area contributed by atoms with E-state index in [9.17, 15) is 14.7 Å². The smallest absolute Gasteiger partial charge is 0.411 e. The molecule has 7 heteroatoms. The van der Waals surface area contributed by atoms with Gasteiger partial charge in [0.15, 0.2) is 0 Å². The molecule has 0 saturated carbocycles. The van der Waals surface area contributed by atoms with Crippen LogP contribution in [-0.2, 0) is 16.1 Å². The van der Waals surface area contributed by atoms with Crippen LogP contribution < -0.4 is 5.32 Å². The van der Waals surface area contributed by atoms with Crippen molar-refractivity contribution in [3.63, 3.8) is 0 Å². The maximum absolute atomic E-state index is 12.4. The van der Waals surface area contributed by atoms with Crippen molar-refractivity contribution >= 4 is 27.9 Å². The molecule has 2 unspecified atom stereocenters. The Bertz CT molecular complexity index is 615. The molecule has 0 aliphatic carbocycles. The Balaban J connectivity index is 1.99. The number of carbonyl (C=O) groups excluding carboxylic acids is 2. The monoisotopic (exact) mass is 398 g/mol. The van der Waals surface area contributed by atoms with Crippen LogP contribution in [0.25, 0.3) is 0 Å². The van der Waals surface area contributed by atoms with Crippen molar-refractivity contribution in [1.29, 1.82) is 0 Å². The average Bonchev–Trinajstić information content (AvgIpc) is 2.85. The molecule has 0 aromatic heterocycles. The van der Waals surface area contributed by atoms with Gasteiger partial charge in [0, 0.05) is 17.4 Å². The van der Waals surface area contributed by atoms with Crippen molar-refractivity contribution in [1.82, 2.24) is 10.2 Å². The number of β-amino-alcohol motifs (C(OH)–C–C–N with tert-alkyl or cyclic N) is 1. The van der Waals surface area contributed by atoms with Gasteiger partial charge in [-0.3, -0.25) is 9.69 Å². The first kappa shape index (κ1) is 18.7. The van der Waals surface area contributed by atoms with Gasteiger partial charge < -0.3 is 15.2 Å². The zero-order valence-electron chi connectivity index (χ0n) is 14.1. The van der Waals surface area contributed by atoms with Crippen molar-refractivity contribution in [2.75, 3.05) is 6.54 Å². The number of aliphatic hydroxyl groups is 1. The number of amides is 2. The molecule has 1 aromatic carbocycles. The molecule has 0 bridgehead atoms. The van der Waals surface area contributed by atoms with E-state index in [-0.39, 0.29) is 18.9 Å². The molecule has 0 spiro atoms. The van der Waals surface area contributed by atoms with Crippen molar-refractivity contribution < 1.29 is 19.4 Å². The number of hydrogen-bond donors (Lipinski definition) is 2. The quantitative estimate of drug-likeness (QED) is 0.819. The minimum atomic E-state index is -0.723. The highest BCUT2D eigenvalue weighted by Gasteiger charge is 2.40. The number of nitrogens with zero attached hydrogens (tertiary/aromatic N) is 1. The summed E-state index contributed by atoms with van der Waals surface area (Å²) in [6.07, 6.45) is -1.09. The van der Waals surface area contributed by atoms with E-state index in [0.717, 1.165) is 10.0 Å². The van der Waals surface area contributed by atoms with E-state index in [1.54, 1.807) is 20.8 Å². The second kappa shape index (κ2) is 7.53. The van der Waals surface area contributed by atoms with Gasteiger partial charge in [-0.25, -0.2) is 4.79 Å². The van der Waals surface area contributed by atoms with Gasteiger partial charge in [-0.2, -0.15) is 0 Å².